The molecule has 1 aromatic heterocycles. The lowest BCUT2D eigenvalue weighted by molar-refractivity contribution is 0.146. The van der Waals surface area contributed by atoms with Crippen molar-refractivity contribution in [2.75, 3.05) is 32.2 Å². The molecule has 2 heterocycles. The normalized spacial score (nSPS) is 17.0. The van der Waals surface area contributed by atoms with Gasteiger partial charge in [0.2, 0.25) is 5.95 Å². The second kappa shape index (κ2) is 8.03. The molecular weight excluding hydrogens is 311 g/mol. The molecule has 1 atom stereocenters. The Kier molecular flexibility index (Phi) is 5.55. The summed E-state index contributed by atoms with van der Waals surface area (Å²) < 4.78 is 24.4. The lowest BCUT2D eigenvalue weighted by atomic mass is 10.1. The van der Waals surface area contributed by atoms with E-state index >= 15 is 0 Å². The zero-order valence-corrected chi connectivity index (χ0v) is 13.6. The van der Waals surface area contributed by atoms with Crippen LogP contribution in [0.25, 0.3) is 0 Å². The van der Waals surface area contributed by atoms with Gasteiger partial charge in [-0.1, -0.05) is 0 Å². The van der Waals surface area contributed by atoms with Gasteiger partial charge in [-0.2, -0.15) is 0 Å². The molecule has 0 amide bonds. The van der Waals surface area contributed by atoms with Crippen LogP contribution in [0.1, 0.15) is 24.6 Å². The molecule has 128 valence electrons. The number of hydrogen-bond donors (Lipinski definition) is 2. The standard InChI is InChI=1S/C17H21FN4O2/c1-23-9-10-24-13-6-4-12(5-7-13)21-17-20-11-14(18)16(22-17)15-3-2-8-19-15/h4-7,11,15,19H,2-3,8-10H2,1H3,(H,20,21,22). The molecule has 7 heteroatoms. The summed E-state index contributed by atoms with van der Waals surface area (Å²) in [5.74, 6) is 0.767. The van der Waals surface area contributed by atoms with Crippen molar-refractivity contribution in [3.63, 3.8) is 0 Å². The van der Waals surface area contributed by atoms with E-state index < -0.39 is 0 Å². The number of halogens is 1. The summed E-state index contributed by atoms with van der Waals surface area (Å²) in [6.07, 6.45) is 3.13. The van der Waals surface area contributed by atoms with Crippen molar-refractivity contribution in [2.24, 2.45) is 0 Å². The minimum atomic E-state index is -0.373. The van der Waals surface area contributed by atoms with Gasteiger partial charge in [0.1, 0.15) is 12.4 Å². The zero-order valence-electron chi connectivity index (χ0n) is 13.6. The number of anilines is 2. The van der Waals surface area contributed by atoms with E-state index in [-0.39, 0.29) is 11.9 Å². The van der Waals surface area contributed by atoms with Crippen LogP contribution in [0.4, 0.5) is 16.0 Å². The molecule has 6 nitrogen and oxygen atoms in total. The van der Waals surface area contributed by atoms with Gasteiger partial charge >= 0.3 is 0 Å². The number of nitrogens with one attached hydrogen (secondary N) is 2. The van der Waals surface area contributed by atoms with E-state index in [0.717, 1.165) is 30.8 Å². The maximum absolute atomic E-state index is 13.9. The molecule has 1 unspecified atom stereocenters. The monoisotopic (exact) mass is 332 g/mol. The molecule has 3 rings (SSSR count). The van der Waals surface area contributed by atoms with Crippen molar-refractivity contribution in [3.8, 4) is 5.75 Å². The Bertz CT molecular complexity index is 660. The maximum Gasteiger partial charge on any atom is 0.227 e. The average molecular weight is 332 g/mol. The molecule has 0 bridgehead atoms. The molecule has 2 N–H and O–H groups in total. The number of ether oxygens (including phenoxy) is 2. The lowest BCUT2D eigenvalue weighted by Crippen LogP contribution is -2.17. The Morgan fingerprint density at radius 2 is 2.12 bits per heavy atom. The molecule has 1 saturated heterocycles. The fraction of sp³-hybridized carbons (Fsp3) is 0.412. The molecule has 1 aliphatic heterocycles. The molecule has 2 aromatic rings. The van der Waals surface area contributed by atoms with Gasteiger partial charge in [0.25, 0.3) is 0 Å². The summed E-state index contributed by atoms with van der Waals surface area (Å²) in [5, 5.41) is 6.34. The maximum atomic E-state index is 13.9. The summed E-state index contributed by atoms with van der Waals surface area (Å²) in [7, 11) is 1.63. The van der Waals surface area contributed by atoms with Crippen LogP contribution in [0.3, 0.4) is 0 Å². The van der Waals surface area contributed by atoms with Crippen LogP contribution in [0.15, 0.2) is 30.5 Å². The summed E-state index contributed by atoms with van der Waals surface area (Å²) in [5.41, 5.74) is 1.23. The summed E-state index contributed by atoms with van der Waals surface area (Å²) in [6.45, 7) is 1.94. The van der Waals surface area contributed by atoms with Crippen LogP contribution >= 0.6 is 0 Å². The molecule has 0 aliphatic carbocycles. The first kappa shape index (κ1) is 16.6. The Hall–Kier alpha value is -2.25. The van der Waals surface area contributed by atoms with E-state index in [1.807, 2.05) is 24.3 Å². The quantitative estimate of drug-likeness (QED) is 0.760. The Balaban J connectivity index is 1.66. The minimum Gasteiger partial charge on any atom is -0.491 e. The number of rotatable bonds is 7. The predicted octanol–water partition coefficient (Wildman–Crippen LogP) is 2.81. The second-order valence-electron chi connectivity index (χ2n) is 5.57. The van der Waals surface area contributed by atoms with Gasteiger partial charge in [0, 0.05) is 12.8 Å². The van der Waals surface area contributed by atoms with Crippen LogP contribution < -0.4 is 15.4 Å². The SMILES string of the molecule is COCCOc1ccc(Nc2ncc(F)c(C3CCCN3)n2)cc1. The smallest absolute Gasteiger partial charge is 0.227 e. The number of benzene rings is 1. The van der Waals surface area contributed by atoms with Gasteiger partial charge in [-0.05, 0) is 43.7 Å². The lowest BCUT2D eigenvalue weighted by Gasteiger charge is -2.12. The third kappa shape index (κ3) is 4.18. The number of aromatic nitrogens is 2. The van der Waals surface area contributed by atoms with E-state index in [4.69, 9.17) is 9.47 Å². The highest BCUT2D eigenvalue weighted by Gasteiger charge is 2.22. The number of hydrogen-bond acceptors (Lipinski definition) is 6. The molecular formula is C17H21FN4O2. The van der Waals surface area contributed by atoms with E-state index in [1.165, 1.54) is 6.20 Å². The van der Waals surface area contributed by atoms with Crippen molar-refractivity contribution in [1.82, 2.24) is 15.3 Å². The van der Waals surface area contributed by atoms with E-state index in [0.29, 0.717) is 24.9 Å². The Morgan fingerprint density at radius 1 is 1.29 bits per heavy atom. The summed E-state index contributed by atoms with van der Waals surface area (Å²) >= 11 is 0. The van der Waals surface area contributed by atoms with Crippen molar-refractivity contribution >= 4 is 11.6 Å². The Labute approximate surface area is 140 Å². The van der Waals surface area contributed by atoms with Crippen LogP contribution in [-0.2, 0) is 4.74 Å². The summed E-state index contributed by atoms with van der Waals surface area (Å²) in [6, 6.07) is 7.39. The molecule has 0 radical (unpaired) electrons. The van der Waals surface area contributed by atoms with Gasteiger partial charge in [0.05, 0.1) is 24.5 Å². The van der Waals surface area contributed by atoms with Gasteiger partial charge < -0.3 is 20.1 Å². The molecule has 24 heavy (non-hydrogen) atoms. The first-order valence-corrected chi connectivity index (χ1v) is 8.01. The highest BCUT2D eigenvalue weighted by molar-refractivity contribution is 5.54. The molecule has 1 aromatic carbocycles. The van der Waals surface area contributed by atoms with Crippen LogP contribution in [0, 0.1) is 5.82 Å². The Morgan fingerprint density at radius 3 is 2.83 bits per heavy atom. The number of methoxy groups -OCH3 is 1. The van der Waals surface area contributed by atoms with E-state index in [2.05, 4.69) is 20.6 Å². The van der Waals surface area contributed by atoms with Crippen LogP contribution in [0.5, 0.6) is 5.75 Å². The zero-order chi connectivity index (χ0) is 16.8. The third-order valence-electron chi connectivity index (χ3n) is 3.83. The second-order valence-corrected chi connectivity index (χ2v) is 5.57. The van der Waals surface area contributed by atoms with Crippen molar-refractivity contribution < 1.29 is 13.9 Å². The predicted molar refractivity (Wildman–Crippen MR) is 89.1 cm³/mol. The minimum absolute atomic E-state index is 0.0369. The van der Waals surface area contributed by atoms with Crippen LogP contribution in [-0.4, -0.2) is 36.8 Å². The first-order chi connectivity index (χ1) is 11.8. The highest BCUT2D eigenvalue weighted by atomic mass is 19.1. The molecule has 0 saturated carbocycles. The van der Waals surface area contributed by atoms with Gasteiger partial charge in [0.15, 0.2) is 5.82 Å². The average Bonchev–Trinajstić information content (AvgIpc) is 3.13. The van der Waals surface area contributed by atoms with Crippen LogP contribution in [0.2, 0.25) is 0 Å². The number of nitrogens with zero attached hydrogens (tertiary/aromatic N) is 2. The summed E-state index contributed by atoms with van der Waals surface area (Å²) in [4.78, 5) is 8.34. The largest absolute Gasteiger partial charge is 0.491 e. The van der Waals surface area contributed by atoms with Gasteiger partial charge in [-0.3, -0.25) is 0 Å². The van der Waals surface area contributed by atoms with Gasteiger partial charge in [-0.15, -0.1) is 0 Å². The van der Waals surface area contributed by atoms with E-state index in [1.54, 1.807) is 7.11 Å². The first-order valence-electron chi connectivity index (χ1n) is 8.01. The van der Waals surface area contributed by atoms with Crippen molar-refractivity contribution in [1.29, 1.82) is 0 Å². The van der Waals surface area contributed by atoms with Crippen molar-refractivity contribution in [3.05, 3.63) is 42.0 Å². The fourth-order valence-corrected chi connectivity index (χ4v) is 2.61. The van der Waals surface area contributed by atoms with Gasteiger partial charge in [-0.25, -0.2) is 14.4 Å². The fourth-order valence-electron chi connectivity index (χ4n) is 2.61. The molecule has 1 fully saturated rings. The molecule has 0 spiro atoms. The molecule has 1 aliphatic rings. The topological polar surface area (TPSA) is 68.3 Å². The van der Waals surface area contributed by atoms with Crippen molar-refractivity contribution in [2.45, 2.75) is 18.9 Å². The van der Waals surface area contributed by atoms with E-state index in [9.17, 15) is 4.39 Å². The highest BCUT2D eigenvalue weighted by Crippen LogP contribution is 2.25. The third-order valence-corrected chi connectivity index (χ3v) is 3.83.